The molecule has 0 amide bonds. The first kappa shape index (κ1) is 16.4. The lowest BCUT2D eigenvalue weighted by Gasteiger charge is -1.99. The molecule has 1 aromatic rings. The molecule has 18 heavy (non-hydrogen) atoms. The standard InChI is InChI=1S/C6H6BrN.C6H10O4/c7-5-3-1-2-4-6(5)8;1-3-9-5(7)6(8)10-4-2/h1-4H,8H2;3-4H2,1-2H3. The summed E-state index contributed by atoms with van der Waals surface area (Å²) in [7, 11) is 0. The molecule has 6 heteroatoms. The molecule has 1 aromatic carbocycles. The van der Waals surface area contributed by atoms with Crippen LogP contribution in [-0.2, 0) is 19.1 Å². The van der Waals surface area contributed by atoms with E-state index >= 15 is 0 Å². The normalized spacial score (nSPS) is 8.83. The molecule has 0 aliphatic heterocycles. The maximum atomic E-state index is 10.4. The number of nitrogen functional groups attached to an aromatic ring is 1. The van der Waals surface area contributed by atoms with E-state index in [0.29, 0.717) is 0 Å². The molecule has 0 saturated heterocycles. The number of hydrogen-bond donors (Lipinski definition) is 1. The summed E-state index contributed by atoms with van der Waals surface area (Å²) < 4.78 is 9.64. The van der Waals surface area contributed by atoms with E-state index in [4.69, 9.17) is 5.73 Å². The summed E-state index contributed by atoms with van der Waals surface area (Å²) in [4.78, 5) is 20.9. The van der Waals surface area contributed by atoms with Gasteiger partial charge in [-0.25, -0.2) is 9.59 Å². The summed E-state index contributed by atoms with van der Waals surface area (Å²) in [5, 5.41) is 0. The number of carbonyl (C=O) groups is 2. The number of esters is 2. The minimum absolute atomic E-state index is 0.192. The Hall–Kier alpha value is -1.56. The van der Waals surface area contributed by atoms with Gasteiger partial charge in [0.1, 0.15) is 0 Å². The van der Waals surface area contributed by atoms with Crippen molar-refractivity contribution >= 4 is 33.6 Å². The molecule has 0 aliphatic rings. The van der Waals surface area contributed by atoms with Crippen LogP contribution in [-0.4, -0.2) is 25.2 Å². The minimum Gasteiger partial charge on any atom is -0.458 e. The first-order valence-electron chi connectivity index (χ1n) is 5.36. The van der Waals surface area contributed by atoms with Crippen LogP contribution in [0.4, 0.5) is 5.69 Å². The van der Waals surface area contributed by atoms with Crippen molar-refractivity contribution in [2.24, 2.45) is 0 Å². The summed E-state index contributed by atoms with van der Waals surface area (Å²) in [5.74, 6) is -1.85. The Kier molecular flexibility index (Phi) is 8.65. The van der Waals surface area contributed by atoms with Crippen LogP contribution in [0.25, 0.3) is 0 Å². The number of halogens is 1. The van der Waals surface area contributed by atoms with Gasteiger partial charge in [-0.3, -0.25) is 0 Å². The van der Waals surface area contributed by atoms with Gasteiger partial charge in [-0.1, -0.05) is 12.1 Å². The average Bonchev–Trinajstić information content (AvgIpc) is 2.34. The van der Waals surface area contributed by atoms with Crippen molar-refractivity contribution in [2.45, 2.75) is 13.8 Å². The Morgan fingerprint density at radius 3 is 1.83 bits per heavy atom. The summed E-state index contributed by atoms with van der Waals surface area (Å²) in [5.41, 5.74) is 6.26. The van der Waals surface area contributed by atoms with E-state index in [1.54, 1.807) is 13.8 Å². The van der Waals surface area contributed by atoms with Gasteiger partial charge in [-0.15, -0.1) is 0 Å². The van der Waals surface area contributed by atoms with Crippen molar-refractivity contribution < 1.29 is 19.1 Å². The lowest BCUT2D eigenvalue weighted by molar-refractivity contribution is -0.167. The van der Waals surface area contributed by atoms with Crippen molar-refractivity contribution in [1.82, 2.24) is 0 Å². The molecule has 0 fully saturated rings. The van der Waals surface area contributed by atoms with Crippen molar-refractivity contribution in [1.29, 1.82) is 0 Å². The van der Waals surface area contributed by atoms with Crippen molar-refractivity contribution in [3.05, 3.63) is 28.7 Å². The number of rotatable bonds is 2. The third kappa shape index (κ3) is 6.90. The Labute approximate surface area is 114 Å². The molecule has 0 spiro atoms. The third-order valence-corrected chi connectivity index (χ3v) is 2.34. The molecule has 100 valence electrons. The number of carbonyl (C=O) groups excluding carboxylic acids is 2. The number of ether oxygens (including phenoxy) is 2. The Bertz CT molecular complexity index is 358. The van der Waals surface area contributed by atoms with E-state index in [1.165, 1.54) is 0 Å². The molecule has 0 unspecified atom stereocenters. The van der Waals surface area contributed by atoms with E-state index in [9.17, 15) is 9.59 Å². The van der Waals surface area contributed by atoms with Gasteiger partial charge in [0.15, 0.2) is 0 Å². The summed E-state index contributed by atoms with van der Waals surface area (Å²) in [6, 6.07) is 7.60. The van der Waals surface area contributed by atoms with Gasteiger partial charge in [0.05, 0.1) is 13.2 Å². The molecular weight excluding hydrogens is 302 g/mol. The molecule has 0 saturated carbocycles. The maximum absolute atomic E-state index is 10.4. The van der Waals surface area contributed by atoms with Crippen molar-refractivity contribution in [3.63, 3.8) is 0 Å². The van der Waals surface area contributed by atoms with E-state index < -0.39 is 11.9 Å². The number of benzene rings is 1. The monoisotopic (exact) mass is 317 g/mol. The minimum atomic E-state index is -0.927. The van der Waals surface area contributed by atoms with E-state index in [2.05, 4.69) is 25.4 Å². The SMILES string of the molecule is CCOC(=O)C(=O)OCC.Nc1ccccc1Br. The zero-order valence-electron chi connectivity index (χ0n) is 10.3. The van der Waals surface area contributed by atoms with Gasteiger partial charge in [0, 0.05) is 10.2 Å². The molecule has 0 atom stereocenters. The Balaban J connectivity index is 0.000000327. The highest BCUT2D eigenvalue weighted by molar-refractivity contribution is 9.10. The molecule has 2 N–H and O–H groups in total. The highest BCUT2D eigenvalue weighted by atomic mass is 79.9. The van der Waals surface area contributed by atoms with Crippen LogP contribution in [0.3, 0.4) is 0 Å². The second-order valence-corrected chi connectivity index (χ2v) is 3.82. The first-order valence-corrected chi connectivity index (χ1v) is 6.16. The fourth-order valence-corrected chi connectivity index (χ4v) is 1.14. The molecule has 0 aliphatic carbocycles. The van der Waals surface area contributed by atoms with Gasteiger partial charge >= 0.3 is 11.9 Å². The van der Waals surface area contributed by atoms with E-state index in [-0.39, 0.29) is 13.2 Å². The predicted octanol–water partition coefficient (Wildman–Crippen LogP) is 2.14. The maximum Gasteiger partial charge on any atom is 0.417 e. The predicted molar refractivity (Wildman–Crippen MR) is 71.8 cm³/mol. The number of hydrogen-bond acceptors (Lipinski definition) is 5. The number of anilines is 1. The zero-order valence-corrected chi connectivity index (χ0v) is 11.9. The summed E-state index contributed by atoms with van der Waals surface area (Å²) in [6.45, 7) is 3.63. The van der Waals surface area contributed by atoms with Gasteiger partial charge in [0.2, 0.25) is 0 Å². The third-order valence-electron chi connectivity index (χ3n) is 1.62. The molecule has 0 bridgehead atoms. The van der Waals surface area contributed by atoms with Crippen LogP contribution in [0, 0.1) is 0 Å². The fraction of sp³-hybridized carbons (Fsp3) is 0.333. The zero-order chi connectivity index (χ0) is 14.0. The molecular formula is C12H16BrNO4. The highest BCUT2D eigenvalue weighted by Crippen LogP contribution is 2.16. The smallest absolute Gasteiger partial charge is 0.417 e. The molecule has 0 aromatic heterocycles. The Morgan fingerprint density at radius 2 is 1.56 bits per heavy atom. The van der Waals surface area contributed by atoms with Gasteiger partial charge in [-0.2, -0.15) is 0 Å². The summed E-state index contributed by atoms with van der Waals surface area (Å²) in [6.07, 6.45) is 0. The second-order valence-electron chi connectivity index (χ2n) is 2.96. The lowest BCUT2D eigenvalue weighted by atomic mass is 10.3. The second kappa shape index (κ2) is 9.47. The van der Waals surface area contributed by atoms with E-state index in [0.717, 1.165) is 10.2 Å². The van der Waals surface area contributed by atoms with Crippen molar-refractivity contribution in [2.75, 3.05) is 18.9 Å². The van der Waals surface area contributed by atoms with Crippen LogP contribution in [0.1, 0.15) is 13.8 Å². The van der Waals surface area contributed by atoms with Gasteiger partial charge in [-0.05, 0) is 41.9 Å². The van der Waals surface area contributed by atoms with Crippen LogP contribution < -0.4 is 5.73 Å². The Morgan fingerprint density at radius 1 is 1.11 bits per heavy atom. The molecule has 0 heterocycles. The first-order chi connectivity index (χ1) is 8.52. The lowest BCUT2D eigenvalue weighted by Crippen LogP contribution is -2.19. The molecule has 5 nitrogen and oxygen atoms in total. The van der Waals surface area contributed by atoms with Crippen LogP contribution in [0.2, 0.25) is 0 Å². The summed E-state index contributed by atoms with van der Waals surface area (Å²) >= 11 is 3.27. The average molecular weight is 318 g/mol. The topological polar surface area (TPSA) is 78.6 Å². The van der Waals surface area contributed by atoms with Gasteiger partial charge < -0.3 is 15.2 Å². The quantitative estimate of drug-likeness (QED) is 0.513. The fourth-order valence-electron chi connectivity index (χ4n) is 0.855. The number of nitrogens with two attached hydrogens (primary N) is 1. The van der Waals surface area contributed by atoms with Gasteiger partial charge in [0.25, 0.3) is 0 Å². The van der Waals surface area contributed by atoms with Crippen molar-refractivity contribution in [3.8, 4) is 0 Å². The largest absolute Gasteiger partial charge is 0.458 e. The number of para-hydroxylation sites is 1. The molecule has 1 rings (SSSR count). The van der Waals surface area contributed by atoms with Crippen LogP contribution in [0.5, 0.6) is 0 Å². The highest BCUT2D eigenvalue weighted by Gasteiger charge is 2.14. The molecule has 0 radical (unpaired) electrons. The van der Waals surface area contributed by atoms with Crippen LogP contribution >= 0.6 is 15.9 Å². The van der Waals surface area contributed by atoms with Crippen LogP contribution in [0.15, 0.2) is 28.7 Å². The van der Waals surface area contributed by atoms with E-state index in [1.807, 2.05) is 24.3 Å².